The van der Waals surface area contributed by atoms with Crippen molar-refractivity contribution in [2.24, 2.45) is 9.98 Å². The lowest BCUT2D eigenvalue weighted by Crippen LogP contribution is -2.11. The van der Waals surface area contributed by atoms with Crippen molar-refractivity contribution in [3.63, 3.8) is 0 Å². The predicted octanol–water partition coefficient (Wildman–Crippen LogP) is 3.79. The van der Waals surface area contributed by atoms with Gasteiger partial charge in [-0.25, -0.2) is 0 Å². The van der Waals surface area contributed by atoms with E-state index in [1.54, 1.807) is 0 Å². The van der Waals surface area contributed by atoms with Gasteiger partial charge < -0.3 is 0 Å². The third-order valence-electron chi connectivity index (χ3n) is 3.81. The van der Waals surface area contributed by atoms with Crippen molar-refractivity contribution in [2.75, 3.05) is 0 Å². The zero-order chi connectivity index (χ0) is 11.1. The summed E-state index contributed by atoms with van der Waals surface area (Å²) in [7, 11) is 0. The SMILES string of the molecule is C(/C=N/C1CCCCC1)=N\C1CCCCC1. The number of rotatable bonds is 3. The predicted molar refractivity (Wildman–Crippen MR) is 70.7 cm³/mol. The molecule has 2 rings (SSSR count). The first-order valence-electron chi connectivity index (χ1n) is 7.00. The van der Waals surface area contributed by atoms with Crippen LogP contribution in [0.3, 0.4) is 0 Å². The summed E-state index contributed by atoms with van der Waals surface area (Å²) in [6.45, 7) is 0. The van der Waals surface area contributed by atoms with E-state index in [0.29, 0.717) is 12.1 Å². The molecule has 0 aromatic rings. The Hall–Kier alpha value is -0.660. The molecule has 0 spiro atoms. The van der Waals surface area contributed by atoms with Crippen molar-refractivity contribution in [3.05, 3.63) is 0 Å². The van der Waals surface area contributed by atoms with Gasteiger partial charge in [-0.3, -0.25) is 9.98 Å². The van der Waals surface area contributed by atoms with Crippen LogP contribution in [0.25, 0.3) is 0 Å². The van der Waals surface area contributed by atoms with E-state index in [1.165, 1.54) is 64.2 Å². The lowest BCUT2D eigenvalue weighted by atomic mass is 9.96. The first-order chi connectivity index (χ1) is 7.95. The van der Waals surface area contributed by atoms with E-state index in [2.05, 4.69) is 9.98 Å². The van der Waals surface area contributed by atoms with E-state index in [4.69, 9.17) is 0 Å². The Labute approximate surface area is 99.3 Å². The van der Waals surface area contributed by atoms with Gasteiger partial charge in [-0.1, -0.05) is 38.5 Å². The molecule has 0 N–H and O–H groups in total. The largest absolute Gasteiger partial charge is 0.288 e. The van der Waals surface area contributed by atoms with Crippen LogP contribution in [0.15, 0.2) is 9.98 Å². The monoisotopic (exact) mass is 220 g/mol. The summed E-state index contributed by atoms with van der Waals surface area (Å²) >= 11 is 0. The summed E-state index contributed by atoms with van der Waals surface area (Å²) in [5.41, 5.74) is 0. The summed E-state index contributed by atoms with van der Waals surface area (Å²) in [5.74, 6) is 0. The normalized spacial score (nSPS) is 25.8. The van der Waals surface area contributed by atoms with Crippen LogP contribution in [0.2, 0.25) is 0 Å². The minimum atomic E-state index is 0.589. The van der Waals surface area contributed by atoms with Gasteiger partial charge in [0, 0.05) is 24.5 Å². The Balaban J connectivity index is 1.68. The molecule has 0 atom stereocenters. The average molecular weight is 220 g/mol. The topological polar surface area (TPSA) is 24.7 Å². The second kappa shape index (κ2) is 6.82. The highest BCUT2D eigenvalue weighted by atomic mass is 14.8. The van der Waals surface area contributed by atoms with E-state index in [9.17, 15) is 0 Å². The van der Waals surface area contributed by atoms with Crippen LogP contribution >= 0.6 is 0 Å². The van der Waals surface area contributed by atoms with Gasteiger partial charge in [0.15, 0.2) is 0 Å². The van der Waals surface area contributed by atoms with Crippen molar-refractivity contribution in [1.29, 1.82) is 0 Å². The summed E-state index contributed by atoms with van der Waals surface area (Å²) in [6.07, 6.45) is 17.3. The molecule has 0 bridgehead atoms. The highest BCUT2D eigenvalue weighted by Gasteiger charge is 2.11. The standard InChI is InChI=1S/C14H24N2/c1-3-7-13(8-4-1)15-11-12-16-14-9-5-2-6-10-14/h11-14H,1-10H2/b15-11+,16-12+. The van der Waals surface area contributed by atoms with Gasteiger partial charge in [0.2, 0.25) is 0 Å². The molecule has 2 nitrogen and oxygen atoms in total. The quantitative estimate of drug-likeness (QED) is 0.646. The van der Waals surface area contributed by atoms with E-state index in [-0.39, 0.29) is 0 Å². The fraction of sp³-hybridized carbons (Fsp3) is 0.857. The fourth-order valence-corrected chi connectivity index (χ4v) is 2.78. The van der Waals surface area contributed by atoms with Gasteiger partial charge in [0.1, 0.15) is 0 Å². The van der Waals surface area contributed by atoms with Crippen molar-refractivity contribution >= 4 is 12.4 Å². The smallest absolute Gasteiger partial charge is 0.0500 e. The van der Waals surface area contributed by atoms with Crippen LogP contribution in [-0.4, -0.2) is 24.5 Å². The van der Waals surface area contributed by atoms with Crippen LogP contribution < -0.4 is 0 Å². The minimum Gasteiger partial charge on any atom is -0.288 e. The Morgan fingerprint density at radius 2 is 0.938 bits per heavy atom. The molecule has 0 unspecified atom stereocenters. The van der Waals surface area contributed by atoms with Gasteiger partial charge in [-0.2, -0.15) is 0 Å². The van der Waals surface area contributed by atoms with Crippen LogP contribution in [0.1, 0.15) is 64.2 Å². The van der Waals surface area contributed by atoms with Crippen LogP contribution in [0, 0.1) is 0 Å². The van der Waals surface area contributed by atoms with Gasteiger partial charge in [0.05, 0.1) is 0 Å². The molecule has 0 heterocycles. The molecule has 0 aromatic carbocycles. The summed E-state index contributed by atoms with van der Waals surface area (Å²) in [6, 6.07) is 1.18. The number of nitrogens with zero attached hydrogens (tertiary/aromatic N) is 2. The second-order valence-electron chi connectivity index (χ2n) is 5.18. The lowest BCUT2D eigenvalue weighted by Gasteiger charge is -2.17. The van der Waals surface area contributed by atoms with E-state index in [0.717, 1.165) is 0 Å². The molecule has 0 aromatic heterocycles. The Morgan fingerprint density at radius 1 is 0.562 bits per heavy atom. The highest BCUT2D eigenvalue weighted by Crippen LogP contribution is 2.20. The minimum absolute atomic E-state index is 0.589. The zero-order valence-corrected chi connectivity index (χ0v) is 10.3. The Bertz CT molecular complexity index is 207. The molecule has 0 saturated heterocycles. The van der Waals surface area contributed by atoms with Gasteiger partial charge >= 0.3 is 0 Å². The second-order valence-corrected chi connectivity index (χ2v) is 5.18. The van der Waals surface area contributed by atoms with E-state index in [1.807, 2.05) is 12.4 Å². The maximum atomic E-state index is 4.59. The molecule has 2 heteroatoms. The van der Waals surface area contributed by atoms with Crippen molar-refractivity contribution in [3.8, 4) is 0 Å². The lowest BCUT2D eigenvalue weighted by molar-refractivity contribution is 0.443. The molecule has 2 aliphatic carbocycles. The third kappa shape index (κ3) is 4.07. The molecule has 0 radical (unpaired) electrons. The van der Waals surface area contributed by atoms with Crippen LogP contribution in [0.4, 0.5) is 0 Å². The van der Waals surface area contributed by atoms with Crippen molar-refractivity contribution < 1.29 is 0 Å². The van der Waals surface area contributed by atoms with Crippen LogP contribution in [0.5, 0.6) is 0 Å². The molecule has 0 amide bonds. The van der Waals surface area contributed by atoms with Gasteiger partial charge in [0.25, 0.3) is 0 Å². The number of aliphatic imine (C=N–C) groups is 2. The fourth-order valence-electron chi connectivity index (χ4n) is 2.78. The van der Waals surface area contributed by atoms with Gasteiger partial charge in [-0.15, -0.1) is 0 Å². The first kappa shape index (κ1) is 11.8. The average Bonchev–Trinajstić information content (AvgIpc) is 2.37. The maximum absolute atomic E-state index is 4.59. The zero-order valence-electron chi connectivity index (χ0n) is 10.3. The molecule has 90 valence electrons. The summed E-state index contributed by atoms with van der Waals surface area (Å²) < 4.78 is 0. The molecular weight excluding hydrogens is 196 g/mol. The molecule has 2 fully saturated rings. The molecular formula is C14H24N2. The number of hydrogen-bond acceptors (Lipinski definition) is 2. The summed E-state index contributed by atoms with van der Waals surface area (Å²) in [4.78, 5) is 9.19. The maximum Gasteiger partial charge on any atom is 0.0500 e. The Kier molecular flexibility index (Phi) is 5.04. The van der Waals surface area contributed by atoms with Crippen LogP contribution in [-0.2, 0) is 0 Å². The molecule has 0 aliphatic heterocycles. The van der Waals surface area contributed by atoms with E-state index >= 15 is 0 Å². The highest BCUT2D eigenvalue weighted by molar-refractivity contribution is 6.16. The molecule has 2 saturated carbocycles. The van der Waals surface area contributed by atoms with Crippen molar-refractivity contribution in [2.45, 2.75) is 76.3 Å². The third-order valence-corrected chi connectivity index (χ3v) is 3.81. The van der Waals surface area contributed by atoms with Gasteiger partial charge in [-0.05, 0) is 25.7 Å². The number of hydrogen-bond donors (Lipinski definition) is 0. The van der Waals surface area contributed by atoms with E-state index < -0.39 is 0 Å². The van der Waals surface area contributed by atoms with Crippen molar-refractivity contribution in [1.82, 2.24) is 0 Å². The first-order valence-corrected chi connectivity index (χ1v) is 7.00. The molecule has 2 aliphatic rings. The Morgan fingerprint density at radius 3 is 1.31 bits per heavy atom. The molecule has 16 heavy (non-hydrogen) atoms. The summed E-state index contributed by atoms with van der Waals surface area (Å²) in [5, 5.41) is 0.